The fourth-order valence-corrected chi connectivity index (χ4v) is 2.63. The van der Waals surface area contributed by atoms with Crippen molar-refractivity contribution in [2.45, 2.75) is 26.3 Å². The Hall–Kier alpha value is -1.60. The third-order valence-electron chi connectivity index (χ3n) is 1.87. The van der Waals surface area contributed by atoms with Gasteiger partial charge in [0, 0.05) is 11.1 Å². The summed E-state index contributed by atoms with van der Waals surface area (Å²) in [6, 6.07) is 6.36. The van der Waals surface area contributed by atoms with E-state index in [1.807, 2.05) is 0 Å². The van der Waals surface area contributed by atoms with E-state index in [0.717, 1.165) is 0 Å². The van der Waals surface area contributed by atoms with Crippen LogP contribution in [0.5, 0.6) is 0 Å². The summed E-state index contributed by atoms with van der Waals surface area (Å²) >= 11 is 0. The van der Waals surface area contributed by atoms with Crippen LogP contribution in [0.25, 0.3) is 0 Å². The summed E-state index contributed by atoms with van der Waals surface area (Å²) in [7, 11) is -3.65. The van der Waals surface area contributed by atoms with E-state index in [1.165, 1.54) is 6.07 Å². The first kappa shape index (κ1) is 14.5. The van der Waals surface area contributed by atoms with E-state index in [1.54, 1.807) is 39.0 Å². The van der Waals surface area contributed by atoms with E-state index in [0.29, 0.717) is 11.3 Å². The molecule has 0 radical (unpaired) electrons. The van der Waals surface area contributed by atoms with Crippen molar-refractivity contribution in [3.8, 4) is 0 Å². The molecule has 0 atom stereocenters. The molecule has 6 nitrogen and oxygen atoms in total. The summed E-state index contributed by atoms with van der Waals surface area (Å²) in [6.07, 6.45) is 0. The Morgan fingerprint density at radius 3 is 2.44 bits per heavy atom. The molecule has 0 aliphatic rings. The molecule has 0 unspecified atom stereocenters. The predicted molar refractivity (Wildman–Crippen MR) is 72.9 cm³/mol. The lowest BCUT2D eigenvalue weighted by atomic mass is 10.1. The molecule has 0 aliphatic carbocycles. The molecule has 1 rings (SSSR count). The Bertz CT molecular complexity index is 546. The van der Waals surface area contributed by atoms with Gasteiger partial charge < -0.3 is 5.73 Å². The number of nitrogens with two attached hydrogens (primary N) is 1. The molecule has 0 fully saturated rings. The summed E-state index contributed by atoms with van der Waals surface area (Å²) in [6.45, 7) is 5.24. The molecule has 0 saturated carbocycles. The van der Waals surface area contributed by atoms with Crippen molar-refractivity contribution >= 4 is 21.7 Å². The van der Waals surface area contributed by atoms with Crippen molar-refractivity contribution < 1.29 is 8.42 Å². The van der Waals surface area contributed by atoms with Crippen LogP contribution in [0, 0.1) is 5.41 Å². The summed E-state index contributed by atoms with van der Waals surface area (Å²) in [5, 5.41) is 7.29. The monoisotopic (exact) mass is 270 g/mol. The van der Waals surface area contributed by atoms with E-state index in [9.17, 15) is 8.42 Å². The van der Waals surface area contributed by atoms with Crippen LogP contribution in [-0.2, 0) is 10.2 Å². The summed E-state index contributed by atoms with van der Waals surface area (Å²) in [4.78, 5) is 0. The molecular weight excluding hydrogens is 252 g/mol. The predicted octanol–water partition coefficient (Wildman–Crippen LogP) is 1.02. The quantitative estimate of drug-likeness (QED) is 0.484. The highest BCUT2D eigenvalue weighted by Gasteiger charge is 2.19. The molecule has 18 heavy (non-hydrogen) atoms. The van der Waals surface area contributed by atoms with Gasteiger partial charge in [-0.3, -0.25) is 10.1 Å². The summed E-state index contributed by atoms with van der Waals surface area (Å²) < 4.78 is 28.4. The zero-order valence-corrected chi connectivity index (χ0v) is 11.4. The fourth-order valence-electron chi connectivity index (χ4n) is 1.33. The van der Waals surface area contributed by atoms with Crippen molar-refractivity contribution in [3.63, 3.8) is 0 Å². The van der Waals surface area contributed by atoms with Crippen molar-refractivity contribution in [1.29, 1.82) is 5.41 Å². The number of hydrogen-bond donors (Lipinski definition) is 4. The number of amidine groups is 1. The molecule has 100 valence electrons. The minimum absolute atomic E-state index is 0.111. The number of benzene rings is 1. The van der Waals surface area contributed by atoms with E-state index < -0.39 is 15.7 Å². The molecule has 0 spiro atoms. The highest BCUT2D eigenvalue weighted by atomic mass is 32.2. The maximum Gasteiger partial charge on any atom is 0.299 e. The Balaban J connectivity index is 2.91. The third kappa shape index (κ3) is 4.72. The first-order valence-corrected chi connectivity index (χ1v) is 6.83. The van der Waals surface area contributed by atoms with Gasteiger partial charge in [0.1, 0.15) is 5.84 Å². The molecule has 0 heterocycles. The number of hydrogen-bond acceptors (Lipinski definition) is 3. The SMILES string of the molecule is CC(C)(C)NS(=O)(=O)Nc1cccc(C(=N)N)c1. The normalized spacial score (nSPS) is 12.2. The largest absolute Gasteiger partial charge is 0.384 e. The van der Waals surface area contributed by atoms with Crippen LogP contribution in [0.4, 0.5) is 5.69 Å². The van der Waals surface area contributed by atoms with Crippen LogP contribution in [0.15, 0.2) is 24.3 Å². The van der Waals surface area contributed by atoms with E-state index >= 15 is 0 Å². The van der Waals surface area contributed by atoms with Gasteiger partial charge in [-0.2, -0.15) is 13.1 Å². The Kier molecular flexibility index (Phi) is 3.98. The van der Waals surface area contributed by atoms with E-state index in [-0.39, 0.29) is 5.84 Å². The average Bonchev–Trinajstić information content (AvgIpc) is 2.12. The first-order chi connectivity index (χ1) is 8.09. The van der Waals surface area contributed by atoms with Gasteiger partial charge in [0.2, 0.25) is 0 Å². The maximum atomic E-state index is 11.8. The van der Waals surface area contributed by atoms with Gasteiger partial charge in [0.25, 0.3) is 10.2 Å². The molecular formula is C11H18N4O2S. The molecule has 0 amide bonds. The van der Waals surface area contributed by atoms with E-state index in [4.69, 9.17) is 11.1 Å². The maximum absolute atomic E-state index is 11.8. The number of nitrogens with one attached hydrogen (secondary N) is 3. The van der Waals surface area contributed by atoms with Gasteiger partial charge in [-0.05, 0) is 32.9 Å². The second kappa shape index (κ2) is 4.95. The Labute approximate surface area is 107 Å². The molecule has 0 aromatic heterocycles. The number of anilines is 1. The molecule has 0 bridgehead atoms. The first-order valence-electron chi connectivity index (χ1n) is 5.35. The highest BCUT2D eigenvalue weighted by Crippen LogP contribution is 2.12. The number of nitrogen functional groups attached to an aromatic ring is 1. The molecule has 0 saturated heterocycles. The minimum Gasteiger partial charge on any atom is -0.384 e. The minimum atomic E-state index is -3.65. The van der Waals surface area contributed by atoms with Gasteiger partial charge in [-0.1, -0.05) is 12.1 Å². The summed E-state index contributed by atoms with van der Waals surface area (Å²) in [5.74, 6) is -0.111. The van der Waals surface area contributed by atoms with Gasteiger partial charge in [0.05, 0.1) is 5.69 Å². The Morgan fingerprint density at radius 1 is 1.33 bits per heavy atom. The topological polar surface area (TPSA) is 108 Å². The average molecular weight is 270 g/mol. The van der Waals surface area contributed by atoms with Gasteiger partial charge >= 0.3 is 0 Å². The van der Waals surface area contributed by atoms with Crippen LogP contribution in [0.1, 0.15) is 26.3 Å². The number of rotatable bonds is 4. The molecule has 0 aliphatic heterocycles. The van der Waals surface area contributed by atoms with Gasteiger partial charge in [0.15, 0.2) is 0 Å². The lowest BCUT2D eigenvalue weighted by molar-refractivity contribution is 0.494. The molecule has 1 aromatic carbocycles. The lowest BCUT2D eigenvalue weighted by Crippen LogP contribution is -2.43. The second-order valence-corrected chi connectivity index (χ2v) is 6.37. The van der Waals surface area contributed by atoms with Crippen molar-refractivity contribution in [2.75, 3.05) is 4.72 Å². The van der Waals surface area contributed by atoms with Gasteiger partial charge in [-0.25, -0.2) is 0 Å². The third-order valence-corrected chi connectivity index (χ3v) is 3.25. The van der Waals surface area contributed by atoms with Crippen LogP contribution in [-0.4, -0.2) is 19.8 Å². The van der Waals surface area contributed by atoms with Gasteiger partial charge in [-0.15, -0.1) is 0 Å². The Morgan fingerprint density at radius 2 is 1.94 bits per heavy atom. The lowest BCUT2D eigenvalue weighted by Gasteiger charge is -2.21. The second-order valence-electron chi connectivity index (χ2n) is 4.95. The zero-order valence-electron chi connectivity index (χ0n) is 10.6. The van der Waals surface area contributed by atoms with Crippen LogP contribution in [0.2, 0.25) is 0 Å². The van der Waals surface area contributed by atoms with Crippen LogP contribution in [0.3, 0.4) is 0 Å². The molecule has 5 N–H and O–H groups in total. The van der Waals surface area contributed by atoms with Crippen molar-refractivity contribution in [2.24, 2.45) is 5.73 Å². The van der Waals surface area contributed by atoms with E-state index in [2.05, 4.69) is 9.44 Å². The molecule has 1 aromatic rings. The summed E-state index contributed by atoms with van der Waals surface area (Å²) in [5.41, 5.74) is 5.60. The van der Waals surface area contributed by atoms with Crippen LogP contribution < -0.4 is 15.2 Å². The van der Waals surface area contributed by atoms with Crippen molar-refractivity contribution in [3.05, 3.63) is 29.8 Å². The fraction of sp³-hybridized carbons (Fsp3) is 0.364. The van der Waals surface area contributed by atoms with Crippen LogP contribution >= 0.6 is 0 Å². The zero-order chi connectivity index (χ0) is 14.0. The highest BCUT2D eigenvalue weighted by molar-refractivity contribution is 7.90. The standard InChI is InChI=1S/C11H18N4O2S/c1-11(2,3)15-18(16,17)14-9-6-4-5-8(7-9)10(12)13/h4-7,14-15H,1-3H3,(H3,12,13). The molecule has 7 heteroatoms. The smallest absolute Gasteiger partial charge is 0.299 e. The van der Waals surface area contributed by atoms with Crippen molar-refractivity contribution in [1.82, 2.24) is 4.72 Å².